The molecule has 0 saturated carbocycles. The number of esters is 2. The van der Waals surface area contributed by atoms with Gasteiger partial charge in [-0.15, -0.1) is 13.2 Å². The third-order valence-electron chi connectivity index (χ3n) is 6.62. The molecule has 376 valence electrons. The summed E-state index contributed by atoms with van der Waals surface area (Å²) in [4.78, 5) is 19.6. The van der Waals surface area contributed by atoms with Crippen molar-refractivity contribution < 1.29 is 89.4 Å². The van der Waals surface area contributed by atoms with Crippen molar-refractivity contribution in [3.05, 3.63) is 25.3 Å². The Morgan fingerprint density at radius 3 is 1.23 bits per heavy atom. The fraction of sp³-hybridized carbons (Fsp3) is 0.850. The van der Waals surface area contributed by atoms with Gasteiger partial charge in [-0.1, -0.05) is 19.1 Å². The molecule has 22 heteroatoms. The molecule has 0 unspecified atom stereocenters. The molecular formula is C40H94N6O14SiTi. The van der Waals surface area contributed by atoms with E-state index in [1.165, 1.54) is 13.8 Å². The molecule has 0 aliphatic carbocycles. The van der Waals surface area contributed by atoms with Crippen LogP contribution in [0.2, 0.25) is 6.04 Å². The second-order valence-corrected chi connectivity index (χ2v) is 14.9. The molecule has 0 heterocycles. The van der Waals surface area contributed by atoms with Crippen molar-refractivity contribution in [2.75, 3.05) is 138 Å². The van der Waals surface area contributed by atoms with E-state index in [1.54, 1.807) is 12.2 Å². The van der Waals surface area contributed by atoms with Crippen LogP contribution in [-0.4, -0.2) is 190 Å². The van der Waals surface area contributed by atoms with E-state index in [0.29, 0.717) is 85.6 Å². The molecule has 0 aliphatic heterocycles. The van der Waals surface area contributed by atoms with Crippen molar-refractivity contribution in [2.24, 2.45) is 28.3 Å². The maximum Gasteiger partial charge on any atom is 0.500 e. The quantitative estimate of drug-likeness (QED) is 0.0132. The number of carbonyl (C=O) groups excluding carboxylic acids is 2. The van der Waals surface area contributed by atoms with Crippen LogP contribution in [0.4, 0.5) is 0 Å². The molecule has 0 saturated heterocycles. The van der Waals surface area contributed by atoms with Crippen molar-refractivity contribution in [3.63, 3.8) is 0 Å². The summed E-state index contributed by atoms with van der Waals surface area (Å²) in [5, 5.41) is 55.1. The van der Waals surface area contributed by atoms with Gasteiger partial charge in [0.05, 0.1) is 59.5 Å². The van der Waals surface area contributed by atoms with Crippen LogP contribution in [0.25, 0.3) is 0 Å². The van der Waals surface area contributed by atoms with E-state index in [-0.39, 0.29) is 60.2 Å². The third-order valence-corrected chi connectivity index (χ3v) is 9.77. The zero-order valence-electron chi connectivity index (χ0n) is 39.4. The zero-order valence-corrected chi connectivity index (χ0v) is 42.0. The number of ether oxygens (including phenoxy) is 3. The van der Waals surface area contributed by atoms with Crippen LogP contribution in [0.15, 0.2) is 25.3 Å². The Bertz CT molecular complexity index is 768. The van der Waals surface area contributed by atoms with Gasteiger partial charge in [-0.25, -0.2) is 0 Å². The Morgan fingerprint density at radius 1 is 0.597 bits per heavy atom. The summed E-state index contributed by atoms with van der Waals surface area (Å²) in [5.74, 6) is -1.12. The van der Waals surface area contributed by atoms with Gasteiger partial charge in [0.2, 0.25) is 0 Å². The Morgan fingerprint density at radius 2 is 1.00 bits per heavy atom. The van der Waals surface area contributed by atoms with E-state index in [0.717, 1.165) is 57.8 Å². The van der Waals surface area contributed by atoms with Gasteiger partial charge in [0.15, 0.2) is 0 Å². The van der Waals surface area contributed by atoms with Crippen molar-refractivity contribution in [2.45, 2.75) is 79.7 Å². The molecule has 20 nitrogen and oxygen atoms in total. The van der Waals surface area contributed by atoms with Crippen molar-refractivity contribution in [1.82, 2.24) is 10.6 Å². The monoisotopic (exact) mass is 959 g/mol. The first-order valence-electron chi connectivity index (χ1n) is 21.1. The molecule has 0 aliphatic rings. The van der Waals surface area contributed by atoms with E-state index in [1.807, 2.05) is 27.7 Å². The number of unbranched alkanes of at least 4 members (excludes halogenated alkanes) is 2. The smallest absolute Gasteiger partial charge is 0.396 e. The Balaban J connectivity index is -0.0000000951. The molecule has 0 aromatic carbocycles. The predicted octanol–water partition coefficient (Wildman–Crippen LogP) is -0.610. The number of aliphatic hydroxyl groups is 6. The minimum atomic E-state index is -2.40. The first-order chi connectivity index (χ1) is 29.3. The summed E-state index contributed by atoms with van der Waals surface area (Å²) in [6, 6.07) is 0.818. The molecule has 0 atom stereocenters. The molecule has 0 aromatic heterocycles. The number of nitrogens with two attached hydrogens (primary N) is 4. The van der Waals surface area contributed by atoms with Gasteiger partial charge in [-0.3, -0.25) is 9.59 Å². The third kappa shape index (κ3) is 76.2. The van der Waals surface area contributed by atoms with Crippen LogP contribution in [0.5, 0.6) is 0 Å². The summed E-state index contributed by atoms with van der Waals surface area (Å²) in [6.07, 6.45) is 8.11. The molecule has 0 amide bonds. The summed E-state index contributed by atoms with van der Waals surface area (Å²) < 4.78 is 31.7. The topological polar surface area (TPSA) is 339 Å². The van der Waals surface area contributed by atoms with E-state index >= 15 is 0 Å². The minimum absolute atomic E-state index is 0. The predicted molar refractivity (Wildman–Crippen MR) is 246 cm³/mol. The average Bonchev–Trinajstić information content (AvgIpc) is 3.24. The maximum atomic E-state index is 9.81. The second kappa shape index (κ2) is 71.5. The summed E-state index contributed by atoms with van der Waals surface area (Å²) in [5.41, 5.74) is 20.6. The van der Waals surface area contributed by atoms with E-state index in [4.69, 9.17) is 71.2 Å². The van der Waals surface area contributed by atoms with Gasteiger partial charge in [0.1, 0.15) is 0 Å². The molecule has 0 rings (SSSR count). The molecular weight excluding hydrogens is 864 g/mol. The van der Waals surface area contributed by atoms with Gasteiger partial charge < -0.3 is 91.7 Å². The zero-order chi connectivity index (χ0) is 48.3. The number of hydrogen-bond acceptors (Lipinski definition) is 20. The van der Waals surface area contributed by atoms with Crippen LogP contribution in [0.1, 0.15) is 73.6 Å². The van der Waals surface area contributed by atoms with E-state index in [9.17, 15) is 14.7 Å². The fourth-order valence-electron chi connectivity index (χ4n) is 3.73. The van der Waals surface area contributed by atoms with Crippen molar-refractivity contribution in [3.8, 4) is 0 Å². The molecule has 0 aromatic rings. The standard InChI is InChI=1S/C12H22O3.C9H23NO3Si.C5H13NO.2C4H12N2O.C4H6O3.C2H6O2.Ti/c1-4-7-14-10-12(6-3,9-13)11-15-8-5-2;1-4-11-14(12-5-2,13-6-3)9-7-8-10;6-4-2-1-3-5-7;2*5-1-2-6-3-4-7;1-3(5)7-4(2)6;3-1-2-4;/h4-5,13H,1-2,6-11H2,3H3;4-10H2,1-3H3;7H,1-6H2;2*6-7H,1-5H2;1-2H3;3-4H,1-2H2;. The summed E-state index contributed by atoms with van der Waals surface area (Å²) in [6.45, 7) is 27.4. The summed E-state index contributed by atoms with van der Waals surface area (Å²) >= 11 is 0. The van der Waals surface area contributed by atoms with Gasteiger partial charge in [-0.05, 0) is 66.0 Å². The number of nitrogens with one attached hydrogen (secondary N) is 2. The first-order valence-corrected chi connectivity index (χ1v) is 23.1. The van der Waals surface area contributed by atoms with Crippen LogP contribution in [-0.2, 0) is 58.8 Å². The maximum absolute atomic E-state index is 9.81. The van der Waals surface area contributed by atoms with Crippen LogP contribution >= 0.6 is 0 Å². The van der Waals surface area contributed by atoms with Gasteiger partial charge in [0.25, 0.3) is 0 Å². The normalized spacial score (nSPS) is 10.0. The van der Waals surface area contributed by atoms with Crippen molar-refractivity contribution in [1.29, 1.82) is 0 Å². The number of rotatable bonds is 32. The molecule has 16 N–H and O–H groups in total. The Kier molecular flexibility index (Phi) is 90.0. The second-order valence-electron chi connectivity index (χ2n) is 12.1. The fourth-order valence-corrected chi connectivity index (χ4v) is 6.37. The number of aliphatic hydroxyl groups excluding tert-OH is 6. The number of carbonyl (C=O) groups is 2. The van der Waals surface area contributed by atoms with E-state index in [2.05, 4.69) is 28.5 Å². The summed E-state index contributed by atoms with van der Waals surface area (Å²) in [7, 11) is -2.40. The minimum Gasteiger partial charge on any atom is -0.396 e. The van der Waals surface area contributed by atoms with Gasteiger partial charge in [-0.2, -0.15) is 0 Å². The van der Waals surface area contributed by atoms with Crippen LogP contribution in [0.3, 0.4) is 0 Å². The molecule has 0 fully saturated rings. The molecule has 0 radical (unpaired) electrons. The largest absolute Gasteiger partial charge is 0.500 e. The Labute approximate surface area is 391 Å². The van der Waals surface area contributed by atoms with Gasteiger partial charge in [0, 0.05) is 113 Å². The average molecular weight is 959 g/mol. The van der Waals surface area contributed by atoms with E-state index < -0.39 is 20.7 Å². The van der Waals surface area contributed by atoms with Gasteiger partial charge >= 0.3 is 20.7 Å². The van der Waals surface area contributed by atoms with Crippen molar-refractivity contribution >= 4 is 20.7 Å². The molecule has 0 spiro atoms. The first kappa shape index (κ1) is 78.1. The molecule has 0 bridgehead atoms. The van der Waals surface area contributed by atoms with Crippen LogP contribution in [0, 0.1) is 5.41 Å². The SMILES string of the molecule is C=CCOCC(CC)(CO)COCC=C.CC(=O)OC(C)=O.CCO[Si](CCCN)(OCC)OCC.NCCCCCO.NCCNCCO.NCCNCCO.OCCO.[Ti]. The Hall–Kier alpha value is -1.13. The molecule has 62 heavy (non-hydrogen) atoms. The number of hydrogen-bond donors (Lipinski definition) is 12. The van der Waals surface area contributed by atoms with Crippen LogP contribution < -0.4 is 33.6 Å².